The summed E-state index contributed by atoms with van der Waals surface area (Å²) < 4.78 is 4.94. The van der Waals surface area contributed by atoms with E-state index >= 15 is 0 Å². The summed E-state index contributed by atoms with van der Waals surface area (Å²) in [5, 5.41) is 42.4. The Bertz CT molecular complexity index is 885. The molecule has 11 nitrogen and oxygen atoms in total. The second kappa shape index (κ2) is 8.73. The molecule has 0 radical (unpaired) electrons. The maximum atomic E-state index is 13.2. The summed E-state index contributed by atoms with van der Waals surface area (Å²) in [4.78, 5) is 38.1. The minimum absolute atomic E-state index is 0.0182. The predicted molar refractivity (Wildman–Crippen MR) is 108 cm³/mol. The first-order valence-electron chi connectivity index (χ1n) is 9.99. The van der Waals surface area contributed by atoms with E-state index in [2.05, 4.69) is 5.32 Å². The van der Waals surface area contributed by atoms with Crippen LogP contribution in [-0.4, -0.2) is 75.3 Å². The first-order valence-corrected chi connectivity index (χ1v) is 9.99. The maximum absolute atomic E-state index is 13.2. The number of nitrogens with zero attached hydrogens (tertiary/aromatic N) is 1. The fourth-order valence-corrected chi connectivity index (χ4v) is 4.40. The lowest BCUT2D eigenvalue weighted by molar-refractivity contribution is -0.133. The molecule has 1 spiro atoms. The van der Waals surface area contributed by atoms with Gasteiger partial charge >= 0.3 is 19.1 Å². The van der Waals surface area contributed by atoms with Crippen molar-refractivity contribution in [1.82, 2.24) is 10.2 Å². The number of hydrogen-bond donors (Lipinski definition) is 6. The Kier molecular flexibility index (Phi) is 6.44. The normalized spacial score (nSPS) is 24.3. The molecule has 31 heavy (non-hydrogen) atoms. The van der Waals surface area contributed by atoms with Gasteiger partial charge in [-0.15, -0.1) is 0 Å². The molecule has 7 N–H and O–H groups in total. The summed E-state index contributed by atoms with van der Waals surface area (Å²) in [6, 6.07) is 1.89. The van der Waals surface area contributed by atoms with Crippen LogP contribution in [0.2, 0.25) is 0 Å². The zero-order chi connectivity index (χ0) is 22.9. The SMILES string of the molecule is COc1ccc(C[C@@H](B(O)O)N2C(=O)NC3(CCC(CN)CC3)C2=O)c(O)c1C(=O)O. The largest absolute Gasteiger partial charge is 0.507 e. The van der Waals surface area contributed by atoms with E-state index in [-0.39, 0.29) is 23.7 Å². The molecular weight excluding hydrogens is 409 g/mol. The number of benzene rings is 1. The van der Waals surface area contributed by atoms with Crippen LogP contribution in [0.4, 0.5) is 4.79 Å². The number of nitrogens with two attached hydrogens (primary N) is 1. The summed E-state index contributed by atoms with van der Waals surface area (Å²) in [5.74, 6) is -3.90. The number of phenols is 1. The van der Waals surface area contributed by atoms with Gasteiger partial charge in [0.2, 0.25) is 0 Å². The quantitative estimate of drug-likeness (QED) is 0.242. The predicted octanol–water partition coefficient (Wildman–Crippen LogP) is -0.538. The third kappa shape index (κ3) is 4.05. The van der Waals surface area contributed by atoms with E-state index in [1.54, 1.807) is 0 Å². The summed E-state index contributed by atoms with van der Waals surface area (Å²) in [6.45, 7) is 0.489. The number of aromatic carboxylic acids is 1. The Hall–Kier alpha value is -2.83. The highest BCUT2D eigenvalue weighted by atomic mass is 16.5. The number of ether oxygens (including phenoxy) is 1. The summed E-state index contributed by atoms with van der Waals surface area (Å²) in [5.41, 5.74) is 4.10. The summed E-state index contributed by atoms with van der Waals surface area (Å²) in [6.07, 6.45) is 1.73. The molecule has 3 rings (SSSR count). The zero-order valence-corrected chi connectivity index (χ0v) is 17.1. The molecule has 12 heteroatoms. The van der Waals surface area contributed by atoms with Gasteiger partial charge in [0.05, 0.1) is 13.1 Å². The van der Waals surface area contributed by atoms with Crippen molar-refractivity contribution in [2.75, 3.05) is 13.7 Å². The molecule has 1 heterocycles. The van der Waals surface area contributed by atoms with E-state index < -0.39 is 47.8 Å². The molecule has 1 saturated carbocycles. The molecule has 1 aliphatic carbocycles. The molecule has 0 aromatic heterocycles. The van der Waals surface area contributed by atoms with Gasteiger partial charge in [0.1, 0.15) is 22.6 Å². The Morgan fingerprint density at radius 2 is 2.00 bits per heavy atom. The lowest BCUT2D eigenvalue weighted by Gasteiger charge is -2.35. The minimum Gasteiger partial charge on any atom is -0.507 e. The van der Waals surface area contributed by atoms with Gasteiger partial charge in [-0.2, -0.15) is 0 Å². The number of hydrogen-bond acceptors (Lipinski definition) is 8. The minimum atomic E-state index is -2.11. The van der Waals surface area contributed by atoms with E-state index in [9.17, 15) is 34.6 Å². The average Bonchev–Trinajstić information content (AvgIpc) is 2.96. The number of methoxy groups -OCH3 is 1. The molecular formula is C19H26BN3O8. The fourth-order valence-electron chi connectivity index (χ4n) is 4.40. The first kappa shape index (κ1) is 22.9. The van der Waals surface area contributed by atoms with E-state index in [4.69, 9.17) is 10.5 Å². The van der Waals surface area contributed by atoms with Crippen molar-refractivity contribution in [1.29, 1.82) is 0 Å². The molecule has 2 aliphatic rings. The maximum Gasteiger partial charge on any atom is 0.476 e. The molecule has 0 bridgehead atoms. The molecule has 1 atom stereocenters. The number of carbonyl (C=O) groups excluding carboxylic acids is 2. The molecule has 0 unspecified atom stereocenters. The smallest absolute Gasteiger partial charge is 0.476 e. The second-order valence-electron chi connectivity index (χ2n) is 8.01. The number of amides is 3. The van der Waals surface area contributed by atoms with Crippen molar-refractivity contribution in [2.45, 2.75) is 43.6 Å². The molecule has 1 aromatic carbocycles. The third-order valence-corrected chi connectivity index (χ3v) is 6.25. The van der Waals surface area contributed by atoms with Gasteiger partial charge in [0.15, 0.2) is 0 Å². The van der Waals surface area contributed by atoms with Crippen molar-refractivity contribution >= 4 is 25.0 Å². The van der Waals surface area contributed by atoms with Crippen LogP contribution in [0.25, 0.3) is 0 Å². The lowest BCUT2D eigenvalue weighted by Crippen LogP contribution is -2.54. The fraction of sp³-hybridized carbons (Fsp3) is 0.526. The first-order chi connectivity index (χ1) is 14.6. The third-order valence-electron chi connectivity index (χ3n) is 6.25. The zero-order valence-electron chi connectivity index (χ0n) is 17.1. The number of carboxylic acids is 1. The van der Waals surface area contributed by atoms with Gasteiger partial charge in [-0.1, -0.05) is 6.07 Å². The number of aromatic hydroxyl groups is 1. The van der Waals surface area contributed by atoms with Crippen molar-refractivity contribution < 1.29 is 39.4 Å². The summed E-state index contributed by atoms with van der Waals surface area (Å²) in [7, 11) is -0.868. The van der Waals surface area contributed by atoms with Crippen LogP contribution in [0.15, 0.2) is 12.1 Å². The number of carbonyl (C=O) groups is 3. The molecule has 168 valence electrons. The van der Waals surface area contributed by atoms with Gasteiger partial charge in [-0.05, 0) is 56.2 Å². The van der Waals surface area contributed by atoms with Crippen molar-refractivity contribution in [2.24, 2.45) is 11.7 Å². The van der Waals surface area contributed by atoms with Gasteiger partial charge < -0.3 is 36.0 Å². The standard InChI is InChI=1S/C19H26BN3O8/c1-31-12-3-2-11(15(24)14(12)16(25)26)8-13(20(29)30)23-17(27)19(22-18(23)28)6-4-10(9-21)5-7-19/h2-3,10,13,24,29-30H,4-9,21H2,1H3,(H,22,28)(H,25,26)/t10?,13-,19?/m0/s1. The van der Waals surface area contributed by atoms with Crippen molar-refractivity contribution in [3.8, 4) is 11.5 Å². The van der Waals surface area contributed by atoms with Crippen LogP contribution in [0.3, 0.4) is 0 Å². The topological polar surface area (TPSA) is 183 Å². The average molecular weight is 435 g/mol. The number of urea groups is 1. The molecule has 1 saturated heterocycles. The molecule has 2 fully saturated rings. The van der Waals surface area contributed by atoms with Crippen LogP contribution < -0.4 is 15.8 Å². The van der Waals surface area contributed by atoms with Gasteiger partial charge in [-0.25, -0.2) is 9.59 Å². The van der Waals surface area contributed by atoms with Crippen molar-refractivity contribution in [3.63, 3.8) is 0 Å². The van der Waals surface area contributed by atoms with Crippen molar-refractivity contribution in [3.05, 3.63) is 23.3 Å². The van der Waals surface area contributed by atoms with E-state index in [1.807, 2.05) is 0 Å². The number of nitrogens with one attached hydrogen (secondary N) is 1. The van der Waals surface area contributed by atoms with Crippen LogP contribution in [0.5, 0.6) is 11.5 Å². The number of imide groups is 1. The van der Waals surface area contributed by atoms with Gasteiger partial charge in [-0.3, -0.25) is 9.69 Å². The van der Waals surface area contributed by atoms with Gasteiger partial charge in [0.25, 0.3) is 5.91 Å². The van der Waals surface area contributed by atoms with Crippen LogP contribution >= 0.6 is 0 Å². The highest BCUT2D eigenvalue weighted by Crippen LogP contribution is 2.38. The molecule has 3 amide bonds. The lowest BCUT2D eigenvalue weighted by atomic mass is 9.73. The monoisotopic (exact) mass is 435 g/mol. The highest BCUT2D eigenvalue weighted by Gasteiger charge is 2.55. The van der Waals surface area contributed by atoms with E-state index in [1.165, 1.54) is 19.2 Å². The van der Waals surface area contributed by atoms with Crippen LogP contribution in [0.1, 0.15) is 41.6 Å². The Balaban J connectivity index is 1.90. The number of carboxylic acid groups (broad SMARTS) is 1. The molecule has 1 aliphatic heterocycles. The van der Waals surface area contributed by atoms with E-state index in [0.717, 1.165) is 4.90 Å². The Morgan fingerprint density at radius 3 is 2.52 bits per heavy atom. The Labute approximate surface area is 178 Å². The number of rotatable bonds is 7. The second-order valence-corrected chi connectivity index (χ2v) is 8.01. The van der Waals surface area contributed by atoms with E-state index in [0.29, 0.717) is 32.2 Å². The highest BCUT2D eigenvalue weighted by molar-refractivity contribution is 6.44. The van der Waals surface area contributed by atoms with Gasteiger partial charge in [0, 0.05) is 0 Å². The Morgan fingerprint density at radius 1 is 1.35 bits per heavy atom. The van der Waals surface area contributed by atoms with Crippen LogP contribution in [0, 0.1) is 5.92 Å². The van der Waals surface area contributed by atoms with Crippen LogP contribution in [-0.2, 0) is 11.2 Å². The molecule has 1 aromatic rings. The summed E-state index contributed by atoms with van der Waals surface area (Å²) >= 11 is 0.